The average molecular weight is 385 g/mol. The van der Waals surface area contributed by atoms with E-state index in [1.54, 1.807) is 12.4 Å². The van der Waals surface area contributed by atoms with Crippen molar-refractivity contribution < 1.29 is 4.74 Å². The minimum atomic E-state index is 0.346. The summed E-state index contributed by atoms with van der Waals surface area (Å²) in [6, 6.07) is 4.59. The number of aromatic nitrogens is 3. The maximum absolute atomic E-state index is 9.57. The van der Waals surface area contributed by atoms with Gasteiger partial charge in [-0.2, -0.15) is 5.26 Å². The predicted octanol–water partition coefficient (Wildman–Crippen LogP) is 2.57. The maximum atomic E-state index is 9.57. The molecular formula is C19H21ClN6O. The van der Waals surface area contributed by atoms with E-state index in [4.69, 9.17) is 21.3 Å². The number of pyridine rings is 1. The summed E-state index contributed by atoms with van der Waals surface area (Å²) >= 11 is 5.88. The Morgan fingerprint density at radius 2 is 2.04 bits per heavy atom. The van der Waals surface area contributed by atoms with Crippen LogP contribution in [-0.2, 0) is 17.8 Å². The lowest BCUT2D eigenvalue weighted by Gasteiger charge is -2.37. The predicted molar refractivity (Wildman–Crippen MR) is 103 cm³/mol. The SMILES string of the molecule is CN(c1ncc(Cl)cn1)C1CCN(c2nc3c(cc2C#N)COCC3)CC1. The number of piperidine rings is 1. The largest absolute Gasteiger partial charge is 0.376 e. The van der Waals surface area contributed by atoms with Gasteiger partial charge in [-0.1, -0.05) is 11.6 Å². The fraction of sp³-hybridized carbons (Fsp3) is 0.474. The first-order valence-corrected chi connectivity index (χ1v) is 9.49. The van der Waals surface area contributed by atoms with Crippen LogP contribution < -0.4 is 9.80 Å². The lowest BCUT2D eigenvalue weighted by atomic mass is 10.0. The maximum Gasteiger partial charge on any atom is 0.225 e. The second-order valence-corrected chi connectivity index (χ2v) is 7.35. The zero-order chi connectivity index (χ0) is 18.8. The Morgan fingerprint density at radius 1 is 1.30 bits per heavy atom. The Labute approximate surface area is 163 Å². The van der Waals surface area contributed by atoms with E-state index in [1.807, 2.05) is 13.1 Å². The molecule has 0 saturated carbocycles. The lowest BCUT2D eigenvalue weighted by molar-refractivity contribution is 0.109. The number of ether oxygens (including phenoxy) is 1. The molecule has 0 atom stereocenters. The highest BCUT2D eigenvalue weighted by Gasteiger charge is 2.27. The van der Waals surface area contributed by atoms with Gasteiger partial charge in [0.05, 0.1) is 41.9 Å². The van der Waals surface area contributed by atoms with Gasteiger partial charge in [-0.25, -0.2) is 15.0 Å². The van der Waals surface area contributed by atoms with Crippen molar-refractivity contribution in [2.24, 2.45) is 0 Å². The van der Waals surface area contributed by atoms with Crippen LogP contribution in [0, 0.1) is 11.3 Å². The molecule has 2 aromatic rings. The summed E-state index contributed by atoms with van der Waals surface area (Å²) in [7, 11) is 2.02. The molecule has 7 nitrogen and oxygen atoms in total. The number of nitrogens with zero attached hydrogens (tertiary/aromatic N) is 6. The molecule has 0 aliphatic carbocycles. The van der Waals surface area contributed by atoms with E-state index < -0.39 is 0 Å². The molecule has 2 aliphatic heterocycles. The van der Waals surface area contributed by atoms with Gasteiger partial charge >= 0.3 is 0 Å². The molecule has 0 N–H and O–H groups in total. The van der Waals surface area contributed by atoms with Crippen molar-refractivity contribution >= 4 is 23.4 Å². The van der Waals surface area contributed by atoms with E-state index in [0.29, 0.717) is 35.8 Å². The molecular weight excluding hydrogens is 364 g/mol. The molecule has 0 amide bonds. The number of hydrogen-bond acceptors (Lipinski definition) is 7. The molecule has 8 heteroatoms. The van der Waals surface area contributed by atoms with Crippen molar-refractivity contribution in [2.75, 3.05) is 36.5 Å². The number of fused-ring (bicyclic) bond motifs is 1. The normalized spacial score (nSPS) is 17.3. The van der Waals surface area contributed by atoms with Crippen LogP contribution >= 0.6 is 11.6 Å². The van der Waals surface area contributed by atoms with Crippen LogP contribution in [0.15, 0.2) is 18.5 Å². The smallest absolute Gasteiger partial charge is 0.225 e. The Bertz CT molecular complexity index is 858. The quantitative estimate of drug-likeness (QED) is 0.804. The lowest BCUT2D eigenvalue weighted by Crippen LogP contribution is -2.44. The van der Waals surface area contributed by atoms with Crippen molar-refractivity contribution in [3.8, 4) is 6.07 Å². The second-order valence-electron chi connectivity index (χ2n) is 6.91. The average Bonchev–Trinajstić information content (AvgIpc) is 2.73. The molecule has 0 unspecified atom stereocenters. The van der Waals surface area contributed by atoms with Crippen LogP contribution in [-0.4, -0.2) is 47.7 Å². The van der Waals surface area contributed by atoms with E-state index >= 15 is 0 Å². The van der Waals surface area contributed by atoms with Gasteiger partial charge in [-0.05, 0) is 18.9 Å². The van der Waals surface area contributed by atoms with Gasteiger partial charge in [-0.15, -0.1) is 0 Å². The summed E-state index contributed by atoms with van der Waals surface area (Å²) in [5.41, 5.74) is 2.73. The van der Waals surface area contributed by atoms with E-state index in [2.05, 4.69) is 25.8 Å². The van der Waals surface area contributed by atoms with E-state index in [1.165, 1.54) is 0 Å². The standard InChI is InChI=1S/C19H21ClN6O/c1-25(19-22-10-15(20)11-23-19)16-2-5-26(6-3-16)18-13(9-21)8-14-12-27-7-4-17(14)24-18/h8,10-11,16H,2-7,12H2,1H3. The third kappa shape index (κ3) is 3.68. The molecule has 4 heterocycles. The first kappa shape index (κ1) is 18.0. The van der Waals surface area contributed by atoms with Gasteiger partial charge in [0.15, 0.2) is 0 Å². The summed E-state index contributed by atoms with van der Waals surface area (Å²) in [6.45, 7) is 2.93. The molecule has 0 radical (unpaired) electrons. The van der Waals surface area contributed by atoms with Crippen LogP contribution in [0.4, 0.5) is 11.8 Å². The molecule has 0 spiro atoms. The Kier molecular flexibility index (Phi) is 5.10. The Hall–Kier alpha value is -2.43. The van der Waals surface area contributed by atoms with Crippen LogP contribution in [0.1, 0.15) is 29.7 Å². The number of anilines is 2. The molecule has 0 aromatic carbocycles. The zero-order valence-electron chi connectivity index (χ0n) is 15.2. The van der Waals surface area contributed by atoms with Crippen molar-refractivity contribution in [1.29, 1.82) is 5.26 Å². The fourth-order valence-electron chi connectivity index (χ4n) is 3.71. The zero-order valence-corrected chi connectivity index (χ0v) is 16.0. The highest BCUT2D eigenvalue weighted by Crippen LogP contribution is 2.28. The molecule has 140 valence electrons. The molecule has 0 bridgehead atoms. The summed E-state index contributed by atoms with van der Waals surface area (Å²) < 4.78 is 5.48. The minimum absolute atomic E-state index is 0.346. The van der Waals surface area contributed by atoms with E-state index in [-0.39, 0.29) is 0 Å². The van der Waals surface area contributed by atoms with Crippen LogP contribution in [0.25, 0.3) is 0 Å². The number of nitriles is 1. The van der Waals surface area contributed by atoms with Crippen molar-refractivity contribution in [3.63, 3.8) is 0 Å². The summed E-state index contributed by atoms with van der Waals surface area (Å²) in [6.07, 6.45) is 5.95. The highest BCUT2D eigenvalue weighted by molar-refractivity contribution is 6.30. The first-order valence-electron chi connectivity index (χ1n) is 9.11. The fourth-order valence-corrected chi connectivity index (χ4v) is 3.81. The van der Waals surface area contributed by atoms with E-state index in [9.17, 15) is 5.26 Å². The van der Waals surface area contributed by atoms with Gasteiger partial charge in [0.2, 0.25) is 5.95 Å². The minimum Gasteiger partial charge on any atom is -0.376 e. The second kappa shape index (κ2) is 7.67. The number of halogens is 1. The number of hydrogen-bond donors (Lipinski definition) is 0. The molecule has 1 fully saturated rings. The van der Waals surface area contributed by atoms with Gasteiger partial charge < -0.3 is 14.5 Å². The number of rotatable bonds is 3. The van der Waals surface area contributed by atoms with Crippen molar-refractivity contribution in [2.45, 2.75) is 31.9 Å². The van der Waals surface area contributed by atoms with Crippen LogP contribution in [0.2, 0.25) is 5.02 Å². The van der Waals surface area contributed by atoms with Gasteiger partial charge in [-0.3, -0.25) is 0 Å². The summed E-state index contributed by atoms with van der Waals surface area (Å²) in [4.78, 5) is 17.8. The highest BCUT2D eigenvalue weighted by atomic mass is 35.5. The Morgan fingerprint density at radius 3 is 2.74 bits per heavy atom. The van der Waals surface area contributed by atoms with Crippen LogP contribution in [0.5, 0.6) is 0 Å². The summed E-state index contributed by atoms with van der Waals surface area (Å²) in [5.74, 6) is 1.49. The molecule has 2 aromatic heterocycles. The Balaban J connectivity index is 1.48. The van der Waals surface area contributed by atoms with Crippen molar-refractivity contribution in [3.05, 3.63) is 40.3 Å². The van der Waals surface area contributed by atoms with Crippen molar-refractivity contribution in [1.82, 2.24) is 15.0 Å². The van der Waals surface area contributed by atoms with Gasteiger partial charge in [0.25, 0.3) is 0 Å². The molecule has 27 heavy (non-hydrogen) atoms. The van der Waals surface area contributed by atoms with Crippen LogP contribution in [0.3, 0.4) is 0 Å². The molecule has 1 saturated heterocycles. The topological polar surface area (TPSA) is 78.2 Å². The van der Waals surface area contributed by atoms with E-state index in [0.717, 1.165) is 49.4 Å². The summed E-state index contributed by atoms with van der Waals surface area (Å²) in [5, 5.41) is 10.1. The van der Waals surface area contributed by atoms with Gasteiger partial charge in [0.1, 0.15) is 11.9 Å². The third-order valence-electron chi connectivity index (χ3n) is 5.27. The van der Waals surface area contributed by atoms with Gasteiger partial charge in [0, 0.05) is 38.2 Å². The monoisotopic (exact) mass is 384 g/mol. The third-order valence-corrected chi connectivity index (χ3v) is 5.46. The molecule has 2 aliphatic rings. The first-order chi connectivity index (χ1) is 13.2. The molecule has 4 rings (SSSR count).